The van der Waals surface area contributed by atoms with Crippen molar-refractivity contribution in [3.63, 3.8) is 0 Å². The smallest absolute Gasteiger partial charge is 0.435 e. The van der Waals surface area contributed by atoms with Crippen LogP contribution >= 0.6 is 0 Å². The molecule has 0 radical (unpaired) electrons. The molecule has 0 saturated carbocycles. The van der Waals surface area contributed by atoms with Gasteiger partial charge in [0.25, 0.3) is 0 Å². The zero-order chi connectivity index (χ0) is 14.9. The molecule has 1 aromatic rings. The molecule has 6 nitrogen and oxygen atoms in total. The molecule has 20 heavy (non-hydrogen) atoms. The van der Waals surface area contributed by atoms with Crippen molar-refractivity contribution in [1.29, 1.82) is 0 Å². The van der Waals surface area contributed by atoms with Crippen LogP contribution in [0.15, 0.2) is 12.3 Å². The Hall–Kier alpha value is -2.06. The summed E-state index contributed by atoms with van der Waals surface area (Å²) in [6, 6.07) is -0.133. The average molecular weight is 291 g/mol. The third-order valence-electron chi connectivity index (χ3n) is 3.09. The van der Waals surface area contributed by atoms with Gasteiger partial charge in [0.05, 0.1) is 0 Å². The predicted octanol–water partition coefficient (Wildman–Crippen LogP) is 0.977. The van der Waals surface area contributed by atoms with Gasteiger partial charge in [0.15, 0.2) is 5.69 Å². The van der Waals surface area contributed by atoms with Gasteiger partial charge in [0, 0.05) is 12.7 Å². The van der Waals surface area contributed by atoms with Crippen LogP contribution in [-0.4, -0.2) is 44.3 Å². The zero-order valence-corrected chi connectivity index (χ0v) is 10.3. The van der Waals surface area contributed by atoms with E-state index in [0.717, 1.165) is 21.8 Å². The number of aromatic nitrogens is 2. The number of carboxylic acids is 1. The van der Waals surface area contributed by atoms with E-state index in [2.05, 4.69) is 5.10 Å². The lowest BCUT2D eigenvalue weighted by molar-refractivity contribution is -0.148. The number of carbonyl (C=O) groups excluding carboxylic acids is 1. The number of amides is 1. The number of nitrogens with zero attached hydrogens (tertiary/aromatic N) is 3. The van der Waals surface area contributed by atoms with E-state index in [4.69, 9.17) is 5.11 Å². The minimum atomic E-state index is -4.56. The first-order valence-corrected chi connectivity index (χ1v) is 5.92. The summed E-state index contributed by atoms with van der Waals surface area (Å²) in [5, 5.41) is 12.2. The number of rotatable bonds is 3. The third kappa shape index (κ3) is 2.91. The molecule has 2 rings (SSSR count). The van der Waals surface area contributed by atoms with E-state index in [9.17, 15) is 22.8 Å². The molecule has 0 spiro atoms. The van der Waals surface area contributed by atoms with E-state index in [0.29, 0.717) is 19.4 Å². The van der Waals surface area contributed by atoms with Crippen LogP contribution in [0, 0.1) is 0 Å². The molecule has 1 aliphatic rings. The summed E-state index contributed by atoms with van der Waals surface area (Å²) in [5.41, 5.74) is -1.08. The Kier molecular flexibility index (Phi) is 3.69. The molecule has 110 valence electrons. The van der Waals surface area contributed by atoms with Crippen molar-refractivity contribution in [2.75, 3.05) is 6.54 Å². The molecule has 0 bridgehead atoms. The summed E-state index contributed by atoms with van der Waals surface area (Å²) in [4.78, 5) is 24.0. The summed E-state index contributed by atoms with van der Waals surface area (Å²) in [6.07, 6.45) is -2.60. The highest BCUT2D eigenvalue weighted by Gasteiger charge is 2.35. The Morgan fingerprint density at radius 3 is 2.70 bits per heavy atom. The van der Waals surface area contributed by atoms with E-state index in [-0.39, 0.29) is 0 Å². The van der Waals surface area contributed by atoms with E-state index < -0.39 is 36.3 Å². The lowest BCUT2D eigenvalue weighted by Crippen LogP contribution is -2.42. The lowest BCUT2D eigenvalue weighted by atomic mass is 10.2. The molecular formula is C11H12F3N3O3. The van der Waals surface area contributed by atoms with Crippen molar-refractivity contribution < 1.29 is 27.9 Å². The highest BCUT2D eigenvalue weighted by Crippen LogP contribution is 2.27. The normalized spacial score (nSPS) is 19.4. The van der Waals surface area contributed by atoms with Gasteiger partial charge in [0.1, 0.15) is 12.6 Å². The minimum Gasteiger partial charge on any atom is -0.480 e. The molecule has 2 heterocycles. The number of aliphatic carboxylic acids is 1. The van der Waals surface area contributed by atoms with E-state index in [1.54, 1.807) is 0 Å². The van der Waals surface area contributed by atoms with Crippen LogP contribution in [0.5, 0.6) is 0 Å². The van der Waals surface area contributed by atoms with Crippen LogP contribution in [0.25, 0.3) is 0 Å². The molecular weight excluding hydrogens is 279 g/mol. The first-order chi connectivity index (χ1) is 9.29. The molecule has 1 fully saturated rings. The van der Waals surface area contributed by atoms with Gasteiger partial charge in [-0.2, -0.15) is 18.3 Å². The highest BCUT2D eigenvalue weighted by atomic mass is 19.4. The second-order valence-corrected chi connectivity index (χ2v) is 4.48. The van der Waals surface area contributed by atoms with Crippen molar-refractivity contribution in [3.05, 3.63) is 18.0 Å². The Bertz CT molecular complexity index is 526. The third-order valence-corrected chi connectivity index (χ3v) is 3.09. The van der Waals surface area contributed by atoms with Crippen LogP contribution in [0.2, 0.25) is 0 Å². The fraction of sp³-hybridized carbons (Fsp3) is 0.545. The zero-order valence-electron chi connectivity index (χ0n) is 10.3. The van der Waals surface area contributed by atoms with Crippen LogP contribution in [0.1, 0.15) is 18.5 Å². The van der Waals surface area contributed by atoms with Crippen LogP contribution in [-0.2, 0) is 22.3 Å². The monoisotopic (exact) mass is 291 g/mol. The Balaban J connectivity index is 2.05. The van der Waals surface area contributed by atoms with Crippen molar-refractivity contribution in [3.8, 4) is 0 Å². The van der Waals surface area contributed by atoms with Crippen molar-refractivity contribution in [1.82, 2.24) is 14.7 Å². The Morgan fingerprint density at radius 1 is 1.45 bits per heavy atom. The molecule has 1 saturated heterocycles. The Morgan fingerprint density at radius 2 is 2.15 bits per heavy atom. The maximum atomic E-state index is 12.4. The van der Waals surface area contributed by atoms with Gasteiger partial charge in [-0.1, -0.05) is 0 Å². The van der Waals surface area contributed by atoms with Crippen LogP contribution in [0.3, 0.4) is 0 Å². The molecule has 1 unspecified atom stereocenters. The number of carboxylic acid groups (broad SMARTS) is 1. The van der Waals surface area contributed by atoms with Gasteiger partial charge >= 0.3 is 12.1 Å². The van der Waals surface area contributed by atoms with Crippen LogP contribution < -0.4 is 0 Å². The quantitative estimate of drug-likeness (QED) is 0.900. The summed E-state index contributed by atoms with van der Waals surface area (Å²) in [7, 11) is 0. The van der Waals surface area contributed by atoms with Crippen molar-refractivity contribution in [2.45, 2.75) is 31.6 Å². The summed E-state index contributed by atoms with van der Waals surface area (Å²) < 4.78 is 37.9. The van der Waals surface area contributed by atoms with E-state index in [1.807, 2.05) is 0 Å². The van der Waals surface area contributed by atoms with Crippen LogP contribution in [0.4, 0.5) is 13.2 Å². The number of halogens is 3. The van der Waals surface area contributed by atoms with Gasteiger partial charge in [-0.05, 0) is 18.9 Å². The molecule has 1 aliphatic heterocycles. The number of carbonyl (C=O) groups is 2. The van der Waals surface area contributed by atoms with Crippen molar-refractivity contribution in [2.24, 2.45) is 0 Å². The molecule has 0 aliphatic carbocycles. The van der Waals surface area contributed by atoms with Gasteiger partial charge in [-0.25, -0.2) is 4.79 Å². The number of likely N-dealkylation sites (tertiary alicyclic amines) is 1. The maximum absolute atomic E-state index is 12.4. The fourth-order valence-corrected chi connectivity index (χ4v) is 2.15. The number of alkyl halides is 3. The van der Waals surface area contributed by atoms with Crippen molar-refractivity contribution >= 4 is 11.9 Å². The van der Waals surface area contributed by atoms with E-state index in [1.165, 1.54) is 0 Å². The molecule has 1 atom stereocenters. The second kappa shape index (κ2) is 5.14. The highest BCUT2D eigenvalue weighted by molar-refractivity contribution is 5.84. The second-order valence-electron chi connectivity index (χ2n) is 4.48. The maximum Gasteiger partial charge on any atom is 0.435 e. The fourth-order valence-electron chi connectivity index (χ4n) is 2.15. The SMILES string of the molecule is O=C(O)C1CCCN1C(=O)Cn1ccc(C(F)(F)F)n1. The van der Waals surface area contributed by atoms with E-state index >= 15 is 0 Å². The molecule has 9 heteroatoms. The lowest BCUT2D eigenvalue weighted by Gasteiger charge is -2.21. The van der Waals surface area contributed by atoms with Gasteiger partial charge in [-0.3, -0.25) is 9.48 Å². The topological polar surface area (TPSA) is 75.4 Å². The van der Waals surface area contributed by atoms with Gasteiger partial charge in [-0.15, -0.1) is 0 Å². The summed E-state index contributed by atoms with van der Waals surface area (Å²) >= 11 is 0. The molecule has 0 aromatic carbocycles. The first-order valence-electron chi connectivity index (χ1n) is 5.92. The predicted molar refractivity (Wildman–Crippen MR) is 59.6 cm³/mol. The summed E-state index contributed by atoms with van der Waals surface area (Å²) in [5.74, 6) is -1.65. The Labute approximate surface area is 111 Å². The minimum absolute atomic E-state index is 0.295. The molecule has 1 aromatic heterocycles. The van der Waals surface area contributed by atoms with Gasteiger partial charge < -0.3 is 10.0 Å². The average Bonchev–Trinajstić information content (AvgIpc) is 2.95. The summed E-state index contributed by atoms with van der Waals surface area (Å²) in [6.45, 7) is -0.108. The standard InChI is InChI=1S/C11H12F3N3O3/c12-11(13,14)8-3-5-16(15-8)6-9(18)17-4-1-2-7(17)10(19)20/h3,5,7H,1-2,4,6H2,(H,19,20). The first kappa shape index (κ1) is 14.4. The number of hydrogen-bond donors (Lipinski definition) is 1. The largest absolute Gasteiger partial charge is 0.480 e. The molecule has 1 amide bonds. The molecule has 1 N–H and O–H groups in total. The van der Waals surface area contributed by atoms with Gasteiger partial charge in [0.2, 0.25) is 5.91 Å². The number of hydrogen-bond acceptors (Lipinski definition) is 3.